The van der Waals surface area contributed by atoms with Gasteiger partial charge in [0.15, 0.2) is 5.60 Å². The smallest absolute Gasteiger partial charge is 0.381 e. The second-order valence-electron chi connectivity index (χ2n) is 8.36. The fourth-order valence-electron chi connectivity index (χ4n) is 3.87. The highest BCUT2D eigenvalue weighted by molar-refractivity contribution is 7.12. The van der Waals surface area contributed by atoms with Crippen LogP contribution in [-0.2, 0) is 0 Å². The van der Waals surface area contributed by atoms with Crippen LogP contribution < -0.4 is 5.32 Å². The van der Waals surface area contributed by atoms with Gasteiger partial charge in [0.25, 0.3) is 5.91 Å². The first-order valence-electron chi connectivity index (χ1n) is 11.2. The van der Waals surface area contributed by atoms with Gasteiger partial charge >= 0.3 is 6.18 Å². The number of aromatic nitrogens is 2. The average Bonchev–Trinajstić information content (AvgIpc) is 3.53. The molecule has 0 fully saturated rings. The van der Waals surface area contributed by atoms with Crippen LogP contribution in [0.2, 0.25) is 0 Å². The van der Waals surface area contributed by atoms with Crippen LogP contribution in [0.4, 0.5) is 23.2 Å². The van der Waals surface area contributed by atoms with Crippen LogP contribution >= 0.6 is 11.3 Å². The Morgan fingerprint density at radius 2 is 1.89 bits per heavy atom. The van der Waals surface area contributed by atoms with Gasteiger partial charge < -0.3 is 15.3 Å². The number of hydrogen-bond donors (Lipinski definition) is 2. The van der Waals surface area contributed by atoms with Gasteiger partial charge in [-0.3, -0.25) is 4.79 Å². The predicted octanol–water partition coefficient (Wildman–Crippen LogP) is 5.48. The number of thiophene rings is 1. The lowest BCUT2D eigenvalue weighted by molar-refractivity contribution is -0.257. The lowest BCUT2D eigenvalue weighted by Crippen LogP contribution is -2.58. The molecular weight excluding hydrogens is 496 g/mol. The molecule has 2 aromatic carbocycles. The predicted molar refractivity (Wildman–Crippen MR) is 131 cm³/mol. The summed E-state index contributed by atoms with van der Waals surface area (Å²) in [6.45, 7) is 0.0163. The summed E-state index contributed by atoms with van der Waals surface area (Å²) in [5.41, 5.74) is -1.71. The molecule has 1 unspecified atom stereocenters. The molecule has 2 N–H and O–H groups in total. The number of alkyl halides is 3. The van der Waals surface area contributed by atoms with Crippen LogP contribution in [0.15, 0.2) is 66.2 Å². The molecule has 0 aliphatic rings. The molecule has 36 heavy (non-hydrogen) atoms. The summed E-state index contributed by atoms with van der Waals surface area (Å²) in [5, 5.41) is 20.0. The van der Waals surface area contributed by atoms with Crippen molar-refractivity contribution in [3.8, 4) is 5.69 Å². The fraction of sp³-hybridized carbons (Fsp3) is 0.280. The zero-order chi connectivity index (χ0) is 25.9. The van der Waals surface area contributed by atoms with Gasteiger partial charge in [-0.15, -0.1) is 11.3 Å². The lowest BCUT2D eigenvalue weighted by Gasteiger charge is -2.36. The molecule has 2 heterocycles. The first kappa shape index (κ1) is 25.6. The maximum Gasteiger partial charge on any atom is 0.420 e. The number of amides is 1. The highest BCUT2D eigenvalue weighted by Crippen LogP contribution is 2.33. The van der Waals surface area contributed by atoms with Gasteiger partial charge in [0, 0.05) is 17.6 Å². The number of rotatable bonds is 9. The fourth-order valence-corrected chi connectivity index (χ4v) is 4.57. The Bertz CT molecular complexity index is 1320. The number of nitrogens with one attached hydrogen (secondary N) is 1. The van der Waals surface area contributed by atoms with Gasteiger partial charge in [-0.25, -0.2) is 9.07 Å². The van der Waals surface area contributed by atoms with Crippen molar-refractivity contribution in [3.05, 3.63) is 76.9 Å². The van der Waals surface area contributed by atoms with E-state index in [0.29, 0.717) is 33.6 Å². The van der Waals surface area contributed by atoms with Crippen LogP contribution in [0.1, 0.15) is 23.0 Å². The first-order valence-corrected chi connectivity index (χ1v) is 12.1. The Labute approximate surface area is 208 Å². The number of benzene rings is 2. The summed E-state index contributed by atoms with van der Waals surface area (Å²) >= 11 is 1.13. The molecule has 6 nitrogen and oxygen atoms in total. The summed E-state index contributed by atoms with van der Waals surface area (Å²) in [6.07, 6.45) is -3.09. The van der Waals surface area contributed by atoms with Gasteiger partial charge in [0.1, 0.15) is 5.82 Å². The molecule has 2 aromatic heterocycles. The Hall–Kier alpha value is -3.44. The molecular formula is C25H24F4N4O2S. The van der Waals surface area contributed by atoms with E-state index in [-0.39, 0.29) is 6.54 Å². The van der Waals surface area contributed by atoms with Gasteiger partial charge in [0.2, 0.25) is 0 Å². The first-order chi connectivity index (χ1) is 17.1. The molecule has 0 aliphatic heterocycles. The van der Waals surface area contributed by atoms with Crippen molar-refractivity contribution in [2.24, 2.45) is 0 Å². The van der Waals surface area contributed by atoms with Crippen LogP contribution in [0, 0.1) is 5.82 Å². The molecule has 0 aliphatic carbocycles. The van der Waals surface area contributed by atoms with E-state index in [1.54, 1.807) is 47.3 Å². The molecule has 1 amide bonds. The number of hydrogen-bond acceptors (Lipinski definition) is 5. The van der Waals surface area contributed by atoms with Gasteiger partial charge in [-0.05, 0) is 54.3 Å². The molecule has 0 radical (unpaired) electrons. The highest BCUT2D eigenvalue weighted by Gasteiger charge is 2.55. The van der Waals surface area contributed by atoms with Crippen molar-refractivity contribution in [1.29, 1.82) is 0 Å². The van der Waals surface area contributed by atoms with Crippen molar-refractivity contribution in [3.63, 3.8) is 0 Å². The van der Waals surface area contributed by atoms with Crippen molar-refractivity contribution in [2.75, 3.05) is 25.0 Å². The third kappa shape index (κ3) is 5.21. The van der Waals surface area contributed by atoms with Gasteiger partial charge in [0.05, 0.1) is 35.4 Å². The van der Waals surface area contributed by atoms with E-state index >= 15 is 0 Å². The van der Waals surface area contributed by atoms with Crippen molar-refractivity contribution in [2.45, 2.75) is 25.1 Å². The monoisotopic (exact) mass is 520 g/mol. The molecule has 0 spiro atoms. The molecule has 1 atom stereocenters. The van der Waals surface area contributed by atoms with E-state index in [1.165, 1.54) is 30.5 Å². The van der Waals surface area contributed by atoms with Crippen LogP contribution in [-0.4, -0.2) is 57.1 Å². The zero-order valence-corrected chi connectivity index (χ0v) is 20.1. The number of fused-ring (bicyclic) bond motifs is 1. The SMILES string of the molecule is CCCN(CC(O)(CNc1cccc2c1cnn2-c1ccc(F)cc1)C(F)(F)F)C(=O)c1cccs1. The summed E-state index contributed by atoms with van der Waals surface area (Å²) in [7, 11) is 0. The average molecular weight is 521 g/mol. The zero-order valence-electron chi connectivity index (χ0n) is 19.3. The van der Waals surface area contributed by atoms with Crippen molar-refractivity contribution < 1.29 is 27.5 Å². The quantitative estimate of drug-likeness (QED) is 0.287. The molecule has 0 saturated heterocycles. The lowest BCUT2D eigenvalue weighted by atomic mass is 10.0. The second-order valence-corrected chi connectivity index (χ2v) is 9.31. The summed E-state index contributed by atoms with van der Waals surface area (Å²) in [5.74, 6) is -0.962. The van der Waals surface area contributed by atoms with E-state index in [9.17, 15) is 27.5 Å². The summed E-state index contributed by atoms with van der Waals surface area (Å²) < 4.78 is 57.2. The minimum atomic E-state index is -5.01. The van der Waals surface area contributed by atoms with E-state index in [4.69, 9.17) is 0 Å². The Morgan fingerprint density at radius 1 is 1.14 bits per heavy atom. The second kappa shape index (κ2) is 10.3. The molecule has 190 valence electrons. The molecule has 0 bridgehead atoms. The summed E-state index contributed by atoms with van der Waals surface area (Å²) in [4.78, 5) is 14.2. The van der Waals surface area contributed by atoms with E-state index in [0.717, 1.165) is 16.2 Å². The molecule has 4 rings (SSSR count). The standard InChI is InChI=1S/C25H24F4N4O2S/c1-2-12-32(23(34)22-7-4-13-36-22)16-24(35,25(27,28)29)15-30-20-5-3-6-21-19(20)14-31-33(21)18-10-8-17(26)9-11-18/h3-11,13-14,30,35H,2,12,15-16H2,1H3. The van der Waals surface area contributed by atoms with Crippen LogP contribution in [0.25, 0.3) is 16.6 Å². The minimum Gasteiger partial charge on any atom is -0.381 e. The van der Waals surface area contributed by atoms with E-state index in [2.05, 4.69) is 10.4 Å². The van der Waals surface area contributed by atoms with Gasteiger partial charge in [-0.1, -0.05) is 19.1 Å². The number of nitrogens with zero attached hydrogens (tertiary/aromatic N) is 3. The van der Waals surface area contributed by atoms with Crippen molar-refractivity contribution in [1.82, 2.24) is 14.7 Å². The number of halogens is 4. The number of anilines is 1. The number of carbonyl (C=O) groups is 1. The summed E-state index contributed by atoms with van der Waals surface area (Å²) in [6, 6.07) is 13.8. The maximum atomic E-state index is 14.1. The topological polar surface area (TPSA) is 70.4 Å². The van der Waals surface area contributed by atoms with E-state index < -0.39 is 36.6 Å². The third-order valence-electron chi connectivity index (χ3n) is 5.75. The highest BCUT2D eigenvalue weighted by atomic mass is 32.1. The number of carbonyl (C=O) groups excluding carboxylic acids is 1. The molecule has 11 heteroatoms. The Kier molecular flexibility index (Phi) is 7.32. The van der Waals surface area contributed by atoms with Crippen LogP contribution in [0.3, 0.4) is 0 Å². The Balaban J connectivity index is 1.60. The van der Waals surface area contributed by atoms with Crippen molar-refractivity contribution >= 4 is 33.8 Å². The largest absolute Gasteiger partial charge is 0.420 e. The van der Waals surface area contributed by atoms with Gasteiger partial charge in [-0.2, -0.15) is 18.3 Å². The minimum absolute atomic E-state index is 0.0646. The number of aliphatic hydroxyl groups is 1. The molecule has 4 aromatic rings. The van der Waals surface area contributed by atoms with E-state index in [1.807, 2.05) is 0 Å². The Morgan fingerprint density at radius 3 is 2.53 bits per heavy atom. The normalized spacial score (nSPS) is 13.5. The third-order valence-corrected chi connectivity index (χ3v) is 6.61. The molecule has 0 saturated carbocycles. The maximum absolute atomic E-state index is 14.1. The van der Waals surface area contributed by atoms with Crippen LogP contribution in [0.5, 0.6) is 0 Å².